The highest BCUT2D eigenvalue weighted by Crippen LogP contribution is 2.26. The van der Waals surface area contributed by atoms with Crippen LogP contribution in [0.4, 0.5) is 0 Å². The molecule has 2 aromatic heterocycles. The van der Waals surface area contributed by atoms with Crippen molar-refractivity contribution in [2.45, 2.75) is 0 Å². The smallest absolute Gasteiger partial charge is 0.262 e. The second kappa shape index (κ2) is 2.41. The lowest BCUT2D eigenvalue weighted by Crippen LogP contribution is -2.24. The Labute approximate surface area is 83.9 Å². The monoisotopic (exact) mass is 202 g/mol. The van der Waals surface area contributed by atoms with E-state index in [-0.39, 0.29) is 11.8 Å². The molecule has 3 rings (SSSR count). The molecule has 1 aliphatic rings. The average Bonchev–Trinajstić information content (AvgIpc) is 2.78. The van der Waals surface area contributed by atoms with E-state index in [2.05, 4.69) is 15.2 Å². The summed E-state index contributed by atoms with van der Waals surface area (Å²) in [5.41, 5.74) is 1.25. The number of rotatable bonds is 0. The minimum absolute atomic E-state index is 0.302. The standard InChI is InChI=1S/C9H6N4O2/c1-13-8(14)5-2-10-7-4(3-11-12-7)6(5)9(13)15/h2-3H,1H3,(H,10,11,12). The number of carbonyl (C=O) groups excluding carboxylic acids is 2. The van der Waals surface area contributed by atoms with Gasteiger partial charge in [0, 0.05) is 13.2 Å². The zero-order valence-corrected chi connectivity index (χ0v) is 7.81. The first kappa shape index (κ1) is 8.10. The number of hydrogen-bond acceptors (Lipinski definition) is 4. The van der Waals surface area contributed by atoms with Gasteiger partial charge >= 0.3 is 0 Å². The SMILES string of the molecule is CN1C(=O)c2cnc3[nH]ncc3c2C1=O. The largest absolute Gasteiger partial charge is 0.277 e. The Balaban J connectivity index is 2.46. The second-order valence-electron chi connectivity index (χ2n) is 3.35. The van der Waals surface area contributed by atoms with Gasteiger partial charge in [-0.05, 0) is 0 Å². The molecule has 1 aliphatic heterocycles. The number of carbonyl (C=O) groups is 2. The van der Waals surface area contributed by atoms with Gasteiger partial charge in [0.25, 0.3) is 11.8 Å². The number of fused-ring (bicyclic) bond motifs is 3. The van der Waals surface area contributed by atoms with Gasteiger partial charge in [0.05, 0.1) is 22.7 Å². The van der Waals surface area contributed by atoms with Crippen LogP contribution < -0.4 is 0 Å². The number of amides is 2. The van der Waals surface area contributed by atoms with Crippen LogP contribution in [-0.4, -0.2) is 38.9 Å². The Hall–Kier alpha value is -2.24. The molecule has 1 N–H and O–H groups in total. The Morgan fingerprint density at radius 1 is 1.27 bits per heavy atom. The number of imide groups is 1. The summed E-state index contributed by atoms with van der Waals surface area (Å²) in [6, 6.07) is 0. The average molecular weight is 202 g/mol. The van der Waals surface area contributed by atoms with Crippen molar-refractivity contribution in [1.29, 1.82) is 0 Å². The van der Waals surface area contributed by atoms with Crippen LogP contribution in [-0.2, 0) is 0 Å². The summed E-state index contributed by atoms with van der Waals surface area (Å²) in [4.78, 5) is 28.5. The van der Waals surface area contributed by atoms with Crippen LogP contribution in [0.2, 0.25) is 0 Å². The number of pyridine rings is 1. The lowest BCUT2D eigenvalue weighted by Gasteiger charge is -2.02. The Morgan fingerprint density at radius 3 is 2.87 bits per heavy atom. The van der Waals surface area contributed by atoms with E-state index in [9.17, 15) is 9.59 Å². The van der Waals surface area contributed by atoms with Crippen molar-refractivity contribution in [2.24, 2.45) is 0 Å². The summed E-state index contributed by atoms with van der Waals surface area (Å²) in [5, 5.41) is 7.04. The van der Waals surface area contributed by atoms with E-state index < -0.39 is 0 Å². The molecule has 0 saturated heterocycles. The minimum atomic E-state index is -0.314. The number of nitrogens with zero attached hydrogens (tertiary/aromatic N) is 3. The molecule has 74 valence electrons. The molecule has 0 radical (unpaired) electrons. The highest BCUT2D eigenvalue weighted by molar-refractivity contribution is 6.25. The predicted molar refractivity (Wildman–Crippen MR) is 50.3 cm³/mol. The summed E-state index contributed by atoms with van der Waals surface area (Å²) in [5.74, 6) is -0.616. The van der Waals surface area contributed by atoms with Crippen molar-refractivity contribution >= 4 is 22.8 Å². The third-order valence-electron chi connectivity index (χ3n) is 2.53. The maximum absolute atomic E-state index is 11.8. The minimum Gasteiger partial charge on any atom is -0.277 e. The Kier molecular flexibility index (Phi) is 1.30. The van der Waals surface area contributed by atoms with Gasteiger partial charge in [0.15, 0.2) is 5.65 Å². The molecule has 2 aromatic rings. The van der Waals surface area contributed by atoms with Gasteiger partial charge in [0.2, 0.25) is 0 Å². The van der Waals surface area contributed by atoms with Crippen LogP contribution in [0.5, 0.6) is 0 Å². The summed E-state index contributed by atoms with van der Waals surface area (Å²) in [7, 11) is 1.45. The van der Waals surface area contributed by atoms with Crippen molar-refractivity contribution in [3.8, 4) is 0 Å². The van der Waals surface area contributed by atoms with Gasteiger partial charge in [-0.1, -0.05) is 0 Å². The topological polar surface area (TPSA) is 79.0 Å². The Morgan fingerprint density at radius 2 is 2.07 bits per heavy atom. The van der Waals surface area contributed by atoms with Gasteiger partial charge in [-0.15, -0.1) is 0 Å². The number of nitrogens with one attached hydrogen (secondary N) is 1. The van der Waals surface area contributed by atoms with Crippen molar-refractivity contribution in [3.05, 3.63) is 23.5 Å². The summed E-state index contributed by atoms with van der Waals surface area (Å²) < 4.78 is 0. The molecule has 0 unspecified atom stereocenters. The van der Waals surface area contributed by atoms with E-state index in [1.54, 1.807) is 0 Å². The lowest BCUT2D eigenvalue weighted by atomic mass is 10.1. The number of H-pyrrole nitrogens is 1. The molecule has 6 nitrogen and oxygen atoms in total. The zero-order chi connectivity index (χ0) is 10.6. The molecule has 0 aliphatic carbocycles. The molecular weight excluding hydrogens is 196 g/mol. The van der Waals surface area contributed by atoms with Gasteiger partial charge in [-0.2, -0.15) is 5.10 Å². The van der Waals surface area contributed by atoms with E-state index in [1.165, 1.54) is 19.4 Å². The first-order chi connectivity index (χ1) is 7.20. The van der Waals surface area contributed by atoms with E-state index >= 15 is 0 Å². The molecular formula is C9H6N4O2. The number of hydrogen-bond donors (Lipinski definition) is 1. The molecule has 0 bridgehead atoms. The highest BCUT2D eigenvalue weighted by atomic mass is 16.2. The van der Waals surface area contributed by atoms with Gasteiger partial charge in [-0.3, -0.25) is 19.6 Å². The molecule has 6 heteroatoms. The van der Waals surface area contributed by atoms with Crippen LogP contribution in [0.1, 0.15) is 20.7 Å². The third kappa shape index (κ3) is 0.829. The molecule has 15 heavy (non-hydrogen) atoms. The molecule has 2 amide bonds. The maximum Gasteiger partial charge on any atom is 0.262 e. The normalized spacial score (nSPS) is 15.1. The lowest BCUT2D eigenvalue weighted by molar-refractivity contribution is 0.0693. The fraction of sp³-hybridized carbons (Fsp3) is 0.111. The van der Waals surface area contributed by atoms with Crippen LogP contribution in [0, 0.1) is 0 Å². The zero-order valence-electron chi connectivity index (χ0n) is 7.81. The van der Waals surface area contributed by atoms with Crippen LogP contribution in [0.15, 0.2) is 12.4 Å². The first-order valence-corrected chi connectivity index (χ1v) is 4.34. The van der Waals surface area contributed by atoms with E-state index in [1.807, 2.05) is 0 Å². The van der Waals surface area contributed by atoms with Gasteiger partial charge in [-0.25, -0.2) is 4.98 Å². The molecule has 3 heterocycles. The predicted octanol–water partition coefficient (Wildman–Crippen LogP) is 0.184. The van der Waals surface area contributed by atoms with Gasteiger partial charge in [0.1, 0.15) is 0 Å². The first-order valence-electron chi connectivity index (χ1n) is 4.34. The highest BCUT2D eigenvalue weighted by Gasteiger charge is 2.35. The van der Waals surface area contributed by atoms with Crippen molar-refractivity contribution in [3.63, 3.8) is 0 Å². The van der Waals surface area contributed by atoms with Crippen molar-refractivity contribution in [1.82, 2.24) is 20.1 Å². The number of aromatic amines is 1. The fourth-order valence-electron chi connectivity index (χ4n) is 1.73. The summed E-state index contributed by atoms with van der Waals surface area (Å²) >= 11 is 0. The van der Waals surface area contributed by atoms with E-state index in [0.717, 1.165) is 4.90 Å². The Bertz CT molecular complexity index is 601. The van der Waals surface area contributed by atoms with Crippen molar-refractivity contribution in [2.75, 3.05) is 7.05 Å². The molecule has 0 aromatic carbocycles. The van der Waals surface area contributed by atoms with Crippen LogP contribution >= 0.6 is 0 Å². The van der Waals surface area contributed by atoms with E-state index in [0.29, 0.717) is 22.2 Å². The molecule has 0 atom stereocenters. The van der Waals surface area contributed by atoms with Crippen molar-refractivity contribution < 1.29 is 9.59 Å². The summed E-state index contributed by atoms with van der Waals surface area (Å²) in [6.45, 7) is 0. The maximum atomic E-state index is 11.8. The number of aromatic nitrogens is 3. The molecule has 0 spiro atoms. The van der Waals surface area contributed by atoms with E-state index in [4.69, 9.17) is 0 Å². The van der Waals surface area contributed by atoms with Crippen LogP contribution in [0.25, 0.3) is 11.0 Å². The second-order valence-corrected chi connectivity index (χ2v) is 3.35. The van der Waals surface area contributed by atoms with Gasteiger partial charge < -0.3 is 0 Å². The van der Waals surface area contributed by atoms with Crippen LogP contribution in [0.3, 0.4) is 0 Å². The summed E-state index contributed by atoms with van der Waals surface area (Å²) in [6.07, 6.45) is 2.91. The third-order valence-corrected chi connectivity index (χ3v) is 2.53. The quantitative estimate of drug-likeness (QED) is 0.618. The molecule has 0 saturated carbocycles. The fourth-order valence-corrected chi connectivity index (χ4v) is 1.73. The molecule has 0 fully saturated rings.